The van der Waals surface area contributed by atoms with Crippen molar-refractivity contribution in [3.05, 3.63) is 36.4 Å². The van der Waals surface area contributed by atoms with Gasteiger partial charge in [-0.2, -0.15) is 0 Å². The van der Waals surface area contributed by atoms with Gasteiger partial charge < -0.3 is 9.84 Å². The molecule has 166 valence electrons. The van der Waals surface area contributed by atoms with E-state index in [1.54, 1.807) is 43.3 Å². The number of allylic oxidation sites excluding steroid dienone is 1. The van der Waals surface area contributed by atoms with E-state index in [0.717, 1.165) is 10.1 Å². The molecule has 30 heavy (non-hydrogen) atoms. The van der Waals surface area contributed by atoms with Gasteiger partial charge in [-0.15, -0.1) is 9.19 Å². The number of para-hydroxylation sites is 1. The smallest absolute Gasteiger partial charge is 0.338 e. The Bertz CT molecular complexity index is 1010. The predicted octanol–water partition coefficient (Wildman–Crippen LogP) is 2.97. The molecule has 2 atom stereocenters. The van der Waals surface area contributed by atoms with E-state index < -0.39 is 34.9 Å². The molecule has 0 aliphatic heterocycles. The third-order valence-corrected chi connectivity index (χ3v) is 8.41. The van der Waals surface area contributed by atoms with Gasteiger partial charge in [0.1, 0.15) is 11.0 Å². The molecule has 0 saturated heterocycles. The molecule has 1 N–H and O–H groups in total. The zero-order chi connectivity index (χ0) is 22.6. The Kier molecular flexibility index (Phi) is 7.59. The third-order valence-electron chi connectivity index (χ3n) is 4.75. The maximum Gasteiger partial charge on any atom is 0.338 e. The molecule has 0 fully saturated rings. The average Bonchev–Trinajstić information content (AvgIpc) is 3.08. The zero-order valence-corrected chi connectivity index (χ0v) is 20.0. The number of aromatic nitrogens is 3. The van der Waals surface area contributed by atoms with E-state index in [1.165, 1.54) is 6.92 Å². The average molecular weight is 454 g/mol. The Morgan fingerprint density at radius 3 is 2.63 bits per heavy atom. The van der Waals surface area contributed by atoms with Crippen molar-refractivity contribution in [3.8, 4) is 0 Å². The molecule has 10 heteroatoms. The molecule has 0 radical (unpaired) electrons. The minimum absolute atomic E-state index is 0.0395. The van der Waals surface area contributed by atoms with Crippen molar-refractivity contribution >= 4 is 35.1 Å². The van der Waals surface area contributed by atoms with E-state index in [4.69, 9.17) is 4.74 Å². The van der Waals surface area contributed by atoms with Crippen LogP contribution in [0.1, 0.15) is 26.7 Å². The third kappa shape index (κ3) is 6.23. The number of hydrogen-bond acceptors (Lipinski definition) is 7. The first-order valence-corrected chi connectivity index (χ1v) is 15.1. The van der Waals surface area contributed by atoms with Gasteiger partial charge in [0, 0.05) is 14.5 Å². The van der Waals surface area contributed by atoms with Crippen LogP contribution in [0.3, 0.4) is 0 Å². The first-order valence-electron chi connectivity index (χ1n) is 9.94. The Hall–Kier alpha value is -2.04. The summed E-state index contributed by atoms with van der Waals surface area (Å²) in [7, 11) is -5.07. The number of hydrogen-bond donors (Lipinski definition) is 1. The zero-order valence-electron chi connectivity index (χ0n) is 18.2. The molecule has 2 rings (SSSR count). The molecule has 0 aliphatic carbocycles. The van der Waals surface area contributed by atoms with Crippen LogP contribution < -0.4 is 0 Å². The molecule has 0 saturated carbocycles. The predicted molar refractivity (Wildman–Crippen MR) is 119 cm³/mol. The molecule has 0 amide bonds. The number of carbonyl (C=O) groups excluding carboxylic acids is 1. The van der Waals surface area contributed by atoms with Crippen molar-refractivity contribution in [1.29, 1.82) is 0 Å². The molecule has 8 nitrogen and oxygen atoms in total. The maximum absolute atomic E-state index is 12.8. The highest BCUT2D eigenvalue weighted by Crippen LogP contribution is 2.18. The molecular formula is C20H31N3O5SSi. The number of nitrogens with zero attached hydrogens (tertiary/aromatic N) is 3. The fourth-order valence-electron chi connectivity index (χ4n) is 2.62. The molecule has 1 unspecified atom stereocenters. The number of carbonyl (C=O) groups is 1. The molecule has 0 bridgehead atoms. The van der Waals surface area contributed by atoms with Gasteiger partial charge in [-0.25, -0.2) is 13.2 Å². The lowest BCUT2D eigenvalue weighted by molar-refractivity contribution is -0.162. The lowest BCUT2D eigenvalue weighted by Crippen LogP contribution is -2.37. The number of benzene rings is 1. The lowest BCUT2D eigenvalue weighted by atomic mass is 10.0. The first-order chi connectivity index (χ1) is 13.8. The van der Waals surface area contributed by atoms with E-state index >= 15 is 0 Å². The summed E-state index contributed by atoms with van der Waals surface area (Å²) in [6.07, 6.45) is 3.49. The Balaban J connectivity index is 1.93. The Morgan fingerprint density at radius 1 is 1.30 bits per heavy atom. The topological polar surface area (TPSA) is 111 Å². The van der Waals surface area contributed by atoms with Crippen LogP contribution in [0, 0.1) is 0 Å². The fourth-order valence-corrected chi connectivity index (χ4v) is 4.59. The van der Waals surface area contributed by atoms with Crippen LogP contribution in [0.5, 0.6) is 0 Å². The van der Waals surface area contributed by atoms with E-state index in [1.807, 2.05) is 0 Å². The summed E-state index contributed by atoms with van der Waals surface area (Å²) in [5.41, 5.74) is -0.718. The van der Waals surface area contributed by atoms with Crippen LogP contribution in [0.25, 0.3) is 11.0 Å². The number of rotatable bonds is 10. The molecule has 0 aliphatic rings. The maximum atomic E-state index is 12.8. The highest BCUT2D eigenvalue weighted by molar-refractivity contribution is 7.90. The summed E-state index contributed by atoms with van der Waals surface area (Å²) < 4.78 is 31.8. The number of fused-ring (bicyclic) bond motifs is 1. The molecular weight excluding hydrogens is 422 g/mol. The minimum Gasteiger partial charge on any atom is -0.464 e. The van der Waals surface area contributed by atoms with Gasteiger partial charge in [0.25, 0.3) is 10.0 Å². The van der Waals surface area contributed by atoms with Crippen LogP contribution in [-0.4, -0.2) is 59.4 Å². The van der Waals surface area contributed by atoms with E-state index in [9.17, 15) is 18.3 Å². The van der Waals surface area contributed by atoms with Crippen molar-refractivity contribution in [2.75, 3.05) is 6.61 Å². The normalized spacial score (nSPS) is 15.9. The number of esters is 1. The summed E-state index contributed by atoms with van der Waals surface area (Å²) in [4.78, 5) is 12.1. The summed E-state index contributed by atoms with van der Waals surface area (Å²) in [6, 6.07) is 7.68. The first kappa shape index (κ1) is 24.2. The van der Waals surface area contributed by atoms with Gasteiger partial charge in [-0.3, -0.25) is 0 Å². The van der Waals surface area contributed by atoms with Gasteiger partial charge in [-0.05, 0) is 38.4 Å². The van der Waals surface area contributed by atoms with Crippen LogP contribution in [0.15, 0.2) is 36.4 Å². The number of ether oxygens (including phenoxy) is 1. The summed E-state index contributed by atoms with van der Waals surface area (Å²) >= 11 is 0. The minimum atomic E-state index is -3.74. The largest absolute Gasteiger partial charge is 0.464 e. The van der Waals surface area contributed by atoms with Crippen LogP contribution in [-0.2, 0) is 19.6 Å². The van der Waals surface area contributed by atoms with Crippen LogP contribution in [0.4, 0.5) is 0 Å². The fraction of sp³-hybridized carbons (Fsp3) is 0.550. The van der Waals surface area contributed by atoms with E-state index in [-0.39, 0.29) is 12.8 Å². The highest BCUT2D eigenvalue weighted by atomic mass is 32.2. The molecule has 1 aromatic heterocycles. The van der Waals surface area contributed by atoms with Crippen molar-refractivity contribution in [2.24, 2.45) is 0 Å². The van der Waals surface area contributed by atoms with Gasteiger partial charge in [0.2, 0.25) is 0 Å². The van der Waals surface area contributed by atoms with Crippen molar-refractivity contribution in [2.45, 2.75) is 63.2 Å². The van der Waals surface area contributed by atoms with Crippen molar-refractivity contribution in [3.63, 3.8) is 0 Å². The summed E-state index contributed by atoms with van der Waals surface area (Å²) in [5.74, 6) is -0.667. The lowest BCUT2D eigenvalue weighted by Gasteiger charge is -2.21. The quantitative estimate of drug-likeness (QED) is 0.334. The van der Waals surface area contributed by atoms with Crippen molar-refractivity contribution < 1.29 is 23.1 Å². The second-order valence-electron chi connectivity index (χ2n) is 8.91. The Labute approximate surface area is 179 Å². The van der Waals surface area contributed by atoms with E-state index in [0.29, 0.717) is 17.6 Å². The SMILES string of the molecule is CC(C/C=C/C[C@](C)(O)C(=O)OCC[Si](C)(C)C)S(=O)(=O)n1nnc2ccccc21. The van der Waals surface area contributed by atoms with Crippen LogP contribution >= 0.6 is 0 Å². The van der Waals surface area contributed by atoms with Gasteiger partial charge in [-0.1, -0.05) is 49.1 Å². The summed E-state index contributed by atoms with van der Waals surface area (Å²) in [5, 5.41) is 17.3. The monoisotopic (exact) mass is 453 g/mol. The molecule has 1 aromatic carbocycles. The highest BCUT2D eigenvalue weighted by Gasteiger charge is 2.31. The molecule has 1 heterocycles. The van der Waals surface area contributed by atoms with E-state index in [2.05, 4.69) is 30.0 Å². The molecule has 2 aromatic rings. The second kappa shape index (κ2) is 9.40. The number of aliphatic hydroxyl groups is 1. The van der Waals surface area contributed by atoms with Crippen molar-refractivity contribution in [1.82, 2.24) is 14.4 Å². The van der Waals surface area contributed by atoms with Gasteiger partial charge >= 0.3 is 5.97 Å². The van der Waals surface area contributed by atoms with Gasteiger partial charge in [0.15, 0.2) is 5.60 Å². The van der Waals surface area contributed by atoms with Gasteiger partial charge in [0.05, 0.1) is 11.9 Å². The van der Waals surface area contributed by atoms with Crippen LogP contribution in [0.2, 0.25) is 25.7 Å². The molecule has 0 spiro atoms. The second-order valence-corrected chi connectivity index (χ2v) is 16.7. The Morgan fingerprint density at radius 2 is 1.97 bits per heavy atom. The standard InChI is InChI=1S/C20H31N3O5SSi/c1-16(29(26,27)23-18-12-7-6-11-17(18)21-22-23)10-8-9-13-20(2,25)19(24)28-14-15-30(3,4)5/h6-9,11-12,16,25H,10,13-15H2,1-5H3/b9-8+/t16?,20-/m0/s1. The summed E-state index contributed by atoms with van der Waals surface area (Å²) in [6.45, 7) is 9.82.